The van der Waals surface area contributed by atoms with Crippen LogP contribution in [-0.2, 0) is 26.1 Å². The first-order valence-corrected chi connectivity index (χ1v) is 12.5. The van der Waals surface area contributed by atoms with Crippen molar-refractivity contribution in [3.63, 3.8) is 0 Å². The topological polar surface area (TPSA) is 131 Å². The zero-order chi connectivity index (χ0) is 27.3. The van der Waals surface area contributed by atoms with Gasteiger partial charge in [-0.25, -0.2) is 14.6 Å². The summed E-state index contributed by atoms with van der Waals surface area (Å²) in [6.45, 7) is 7.62. The maximum atomic E-state index is 13.0. The molecule has 0 spiro atoms. The van der Waals surface area contributed by atoms with Crippen molar-refractivity contribution in [2.75, 3.05) is 7.11 Å². The minimum Gasteiger partial charge on any atom is -0.478 e. The van der Waals surface area contributed by atoms with E-state index in [1.807, 2.05) is 26.8 Å². The number of esters is 1. The van der Waals surface area contributed by atoms with E-state index in [9.17, 15) is 24.9 Å². The third-order valence-electron chi connectivity index (χ3n) is 8.09. The van der Waals surface area contributed by atoms with Crippen LogP contribution in [0.25, 0.3) is 6.08 Å². The number of hydrogen-bond donors (Lipinski definition) is 3. The van der Waals surface area contributed by atoms with Crippen molar-refractivity contribution in [3.05, 3.63) is 59.2 Å². The molecular weight excluding hydrogens is 476 g/mol. The average Bonchev–Trinajstić information content (AvgIpc) is 3.37. The fraction of sp³-hybridized carbons (Fsp3) is 0.536. The van der Waals surface area contributed by atoms with Gasteiger partial charge in [0, 0.05) is 24.7 Å². The molecule has 2 aliphatic heterocycles. The van der Waals surface area contributed by atoms with E-state index in [1.54, 1.807) is 43.2 Å². The Balaban J connectivity index is 1.96. The maximum Gasteiger partial charge on any atom is 0.339 e. The van der Waals surface area contributed by atoms with E-state index in [-0.39, 0.29) is 34.8 Å². The lowest BCUT2D eigenvalue weighted by Gasteiger charge is -2.43. The number of aliphatic hydroxyl groups excluding tert-OH is 1. The summed E-state index contributed by atoms with van der Waals surface area (Å²) in [5.74, 6) is -5.58. The average molecular weight is 513 g/mol. The van der Waals surface area contributed by atoms with Crippen LogP contribution >= 0.6 is 0 Å². The lowest BCUT2D eigenvalue weighted by Crippen LogP contribution is -2.44. The number of methoxy groups -OCH3 is 1. The molecule has 0 radical (unpaired) electrons. The highest BCUT2D eigenvalue weighted by atomic mass is 16.6. The molecule has 9 nitrogen and oxygen atoms in total. The number of allylic oxidation sites excluding steroid dienone is 2. The molecule has 0 unspecified atom stereocenters. The summed E-state index contributed by atoms with van der Waals surface area (Å²) in [5.41, 5.74) is 0.107. The fourth-order valence-electron chi connectivity index (χ4n) is 6.26. The van der Waals surface area contributed by atoms with Crippen molar-refractivity contribution in [2.45, 2.75) is 51.6 Å². The number of aliphatic carboxylic acids is 1. The van der Waals surface area contributed by atoms with Crippen LogP contribution in [0.3, 0.4) is 0 Å². The van der Waals surface area contributed by atoms with E-state index >= 15 is 0 Å². The molecule has 1 aromatic heterocycles. The third-order valence-corrected chi connectivity index (χ3v) is 8.09. The molecule has 200 valence electrons. The predicted octanol–water partition coefficient (Wildman–Crippen LogP) is 2.87. The molecule has 4 rings (SSSR count). The van der Waals surface area contributed by atoms with E-state index < -0.39 is 35.3 Å². The smallest absolute Gasteiger partial charge is 0.339 e. The second kappa shape index (κ2) is 9.70. The Labute approximate surface area is 216 Å². The summed E-state index contributed by atoms with van der Waals surface area (Å²) in [6.07, 6.45) is 10.9. The highest BCUT2D eigenvalue weighted by Crippen LogP contribution is 2.51. The standard InChI is InChI=1S/C28H36N2O7/c1-15(2)24-19-12-22(26(34)36-6)28(35)8-7-27(4,37-28)21(11-18(19)16(3)9-23(24)31)20(25(32)33)10-17-13-30(5)14-29-17/h7-10,12-15,18-19,21,23-24,31,35H,11H2,1-6H3,(H,32,33)/b20-10+,22-12-/t18-,19+,21-,23+,24+,27-,28+/m1/s1. The molecule has 0 saturated carbocycles. The second-order valence-electron chi connectivity index (χ2n) is 11.0. The van der Waals surface area contributed by atoms with Crippen molar-refractivity contribution in [2.24, 2.45) is 36.6 Å². The first kappa shape index (κ1) is 27.0. The highest BCUT2D eigenvalue weighted by molar-refractivity contribution is 5.93. The molecule has 0 fully saturated rings. The zero-order valence-electron chi connectivity index (χ0n) is 22.1. The Morgan fingerprint density at radius 1 is 1.30 bits per heavy atom. The minimum atomic E-state index is -2.12. The van der Waals surface area contributed by atoms with Crippen LogP contribution in [0.4, 0.5) is 0 Å². The van der Waals surface area contributed by atoms with Gasteiger partial charge < -0.3 is 29.4 Å². The number of rotatable bonds is 5. The number of carboxylic acids is 1. The number of imidazole rings is 1. The molecule has 3 aliphatic rings. The van der Waals surface area contributed by atoms with Crippen LogP contribution in [0, 0.1) is 29.6 Å². The molecule has 1 aromatic rings. The molecule has 3 N–H and O–H groups in total. The number of hydrogen-bond acceptors (Lipinski definition) is 7. The Hall–Kier alpha value is -3.01. The first-order valence-electron chi connectivity index (χ1n) is 12.5. The van der Waals surface area contributed by atoms with Crippen molar-refractivity contribution in [1.82, 2.24) is 9.55 Å². The van der Waals surface area contributed by atoms with Gasteiger partial charge in [0.25, 0.3) is 0 Å². The lowest BCUT2D eigenvalue weighted by molar-refractivity contribution is -0.196. The molecule has 9 heteroatoms. The van der Waals surface area contributed by atoms with Gasteiger partial charge in [0.2, 0.25) is 5.79 Å². The van der Waals surface area contributed by atoms with E-state index in [0.29, 0.717) is 12.1 Å². The summed E-state index contributed by atoms with van der Waals surface area (Å²) < 4.78 is 13.0. The van der Waals surface area contributed by atoms with Gasteiger partial charge in [0.1, 0.15) is 0 Å². The number of carboxylic acid groups (broad SMARTS) is 1. The molecule has 3 heterocycles. The van der Waals surface area contributed by atoms with Crippen molar-refractivity contribution in [3.8, 4) is 0 Å². The minimum absolute atomic E-state index is 0.0306. The van der Waals surface area contributed by atoms with E-state index in [2.05, 4.69) is 4.98 Å². The fourth-order valence-corrected chi connectivity index (χ4v) is 6.26. The highest BCUT2D eigenvalue weighted by Gasteiger charge is 2.54. The number of nitrogens with zero attached hydrogens (tertiary/aromatic N) is 2. The van der Waals surface area contributed by atoms with Crippen LogP contribution in [-0.4, -0.2) is 61.4 Å². The Bertz CT molecular complexity index is 1210. The van der Waals surface area contributed by atoms with Gasteiger partial charge in [-0.3, -0.25) is 0 Å². The predicted molar refractivity (Wildman–Crippen MR) is 136 cm³/mol. The number of fused-ring (bicyclic) bond motifs is 3. The normalized spacial score (nSPS) is 37.1. The van der Waals surface area contributed by atoms with Crippen molar-refractivity contribution < 1.29 is 34.4 Å². The number of aryl methyl sites for hydroxylation is 1. The molecule has 7 atom stereocenters. The number of aliphatic hydroxyl groups is 2. The van der Waals surface area contributed by atoms with Crippen molar-refractivity contribution >= 4 is 18.0 Å². The van der Waals surface area contributed by atoms with Gasteiger partial charge in [0.15, 0.2) is 0 Å². The van der Waals surface area contributed by atoms with Crippen LogP contribution < -0.4 is 0 Å². The Morgan fingerprint density at radius 2 is 2.00 bits per heavy atom. The van der Waals surface area contributed by atoms with Gasteiger partial charge in [-0.15, -0.1) is 0 Å². The van der Waals surface area contributed by atoms with Gasteiger partial charge in [-0.2, -0.15) is 0 Å². The zero-order valence-corrected chi connectivity index (χ0v) is 22.1. The number of aromatic nitrogens is 2. The van der Waals surface area contributed by atoms with Gasteiger partial charge in [0.05, 0.1) is 36.4 Å². The molecule has 0 saturated heterocycles. The van der Waals surface area contributed by atoms with E-state index in [1.165, 1.54) is 19.3 Å². The summed E-state index contributed by atoms with van der Waals surface area (Å²) in [5, 5.41) is 33.0. The van der Waals surface area contributed by atoms with Crippen LogP contribution in [0.5, 0.6) is 0 Å². The van der Waals surface area contributed by atoms with Gasteiger partial charge in [-0.05, 0) is 56.1 Å². The summed E-state index contributed by atoms with van der Waals surface area (Å²) >= 11 is 0. The number of ether oxygens (including phenoxy) is 2. The second-order valence-corrected chi connectivity index (χ2v) is 11.0. The summed E-state index contributed by atoms with van der Waals surface area (Å²) in [4.78, 5) is 29.9. The van der Waals surface area contributed by atoms with E-state index in [0.717, 1.165) is 5.57 Å². The van der Waals surface area contributed by atoms with Crippen LogP contribution in [0.2, 0.25) is 0 Å². The van der Waals surface area contributed by atoms with E-state index in [4.69, 9.17) is 9.47 Å². The molecule has 0 aromatic carbocycles. The van der Waals surface area contributed by atoms with Gasteiger partial charge >= 0.3 is 11.9 Å². The Morgan fingerprint density at radius 3 is 2.57 bits per heavy atom. The summed E-state index contributed by atoms with van der Waals surface area (Å²) in [6, 6.07) is 0. The quantitative estimate of drug-likeness (QED) is 0.312. The van der Waals surface area contributed by atoms with Crippen LogP contribution in [0.15, 0.2) is 53.5 Å². The molecule has 37 heavy (non-hydrogen) atoms. The molecule has 2 bridgehead atoms. The first-order chi connectivity index (χ1) is 17.3. The van der Waals surface area contributed by atoms with Crippen molar-refractivity contribution in [1.29, 1.82) is 0 Å². The third kappa shape index (κ3) is 4.83. The Kier molecular flexibility index (Phi) is 7.09. The monoisotopic (exact) mass is 512 g/mol. The SMILES string of the molecule is COC(=O)/C1=C/[C@@H]2[C@H](C(C)C)[C@@H](O)C=C(C)[C@H]2C[C@H](/C(=C\c2cn(C)cn2)C(=O)O)[C@@]2(C)C=C[C@]1(O)O2. The molecular formula is C28H36N2O7. The molecule has 0 amide bonds. The van der Waals surface area contributed by atoms with Crippen LogP contribution in [0.1, 0.15) is 39.8 Å². The van der Waals surface area contributed by atoms with Gasteiger partial charge in [-0.1, -0.05) is 37.6 Å². The maximum absolute atomic E-state index is 13.0. The molecule has 1 aliphatic carbocycles. The largest absolute Gasteiger partial charge is 0.478 e. The summed E-state index contributed by atoms with van der Waals surface area (Å²) in [7, 11) is 3.03. The lowest BCUT2D eigenvalue weighted by atomic mass is 9.62. The number of carbonyl (C=O) groups excluding carboxylic acids is 1. The number of carbonyl (C=O) groups is 2.